The molecular formula is C27H34F3N3O2. The van der Waals surface area contributed by atoms with Crippen LogP contribution in [0.1, 0.15) is 56.9 Å². The summed E-state index contributed by atoms with van der Waals surface area (Å²) in [5, 5.41) is 0. The summed E-state index contributed by atoms with van der Waals surface area (Å²) in [5.74, 6) is 2.31. The molecule has 2 aliphatic heterocycles. The summed E-state index contributed by atoms with van der Waals surface area (Å²) in [5.41, 5.74) is -0.357. The van der Waals surface area contributed by atoms with Gasteiger partial charge in [0.2, 0.25) is 11.8 Å². The summed E-state index contributed by atoms with van der Waals surface area (Å²) in [6.07, 6.45) is 4.06. The second-order valence-corrected chi connectivity index (χ2v) is 11.7. The van der Waals surface area contributed by atoms with E-state index in [0.717, 1.165) is 31.7 Å². The van der Waals surface area contributed by atoms with Crippen molar-refractivity contribution in [2.24, 2.45) is 23.2 Å². The highest BCUT2D eigenvalue weighted by Crippen LogP contribution is 2.60. The van der Waals surface area contributed by atoms with Crippen molar-refractivity contribution in [2.75, 3.05) is 37.6 Å². The molecule has 6 aliphatic rings. The first-order valence-electron chi connectivity index (χ1n) is 13.2. The van der Waals surface area contributed by atoms with Gasteiger partial charge < -0.3 is 14.7 Å². The SMILES string of the molecule is O=C(C1CCCN1C(=O)C12CC3CC(CC(C3)C1)C2)N1CCN(c2cccc(C(F)(F)F)c2)CC1. The number of alkyl halides is 3. The third-order valence-electron chi connectivity index (χ3n) is 9.42. The third-order valence-corrected chi connectivity index (χ3v) is 9.42. The van der Waals surface area contributed by atoms with Gasteiger partial charge in [-0.2, -0.15) is 13.2 Å². The van der Waals surface area contributed by atoms with E-state index in [1.807, 2.05) is 14.7 Å². The lowest BCUT2D eigenvalue weighted by atomic mass is 9.49. The molecule has 1 aromatic rings. The van der Waals surface area contributed by atoms with Crippen LogP contribution < -0.4 is 4.90 Å². The Bertz CT molecular complexity index is 966. The fourth-order valence-corrected chi connectivity index (χ4v) is 8.22. The molecule has 2 heterocycles. The number of halogens is 3. The molecule has 6 fully saturated rings. The molecule has 1 aromatic carbocycles. The Kier molecular flexibility index (Phi) is 5.57. The molecule has 4 aliphatic carbocycles. The molecule has 0 spiro atoms. The van der Waals surface area contributed by atoms with E-state index < -0.39 is 11.7 Å². The van der Waals surface area contributed by atoms with Crippen molar-refractivity contribution >= 4 is 17.5 Å². The van der Waals surface area contributed by atoms with Crippen molar-refractivity contribution in [1.82, 2.24) is 9.80 Å². The molecule has 1 unspecified atom stereocenters. The monoisotopic (exact) mass is 489 g/mol. The molecule has 2 saturated heterocycles. The molecule has 7 rings (SSSR count). The van der Waals surface area contributed by atoms with Gasteiger partial charge in [0.25, 0.3) is 0 Å². The minimum Gasteiger partial charge on any atom is -0.368 e. The Hall–Kier alpha value is -2.25. The van der Waals surface area contributed by atoms with Gasteiger partial charge in [-0.3, -0.25) is 9.59 Å². The summed E-state index contributed by atoms with van der Waals surface area (Å²) in [7, 11) is 0. The van der Waals surface area contributed by atoms with Crippen molar-refractivity contribution in [3.63, 3.8) is 0 Å². The number of anilines is 1. The van der Waals surface area contributed by atoms with E-state index in [-0.39, 0.29) is 23.3 Å². The van der Waals surface area contributed by atoms with E-state index in [0.29, 0.717) is 62.6 Å². The van der Waals surface area contributed by atoms with E-state index in [9.17, 15) is 22.8 Å². The van der Waals surface area contributed by atoms with E-state index in [1.165, 1.54) is 31.4 Å². The number of likely N-dealkylation sites (tertiary alicyclic amines) is 1. The van der Waals surface area contributed by atoms with Crippen LogP contribution in [0.15, 0.2) is 24.3 Å². The molecule has 1 atom stereocenters. The van der Waals surface area contributed by atoms with Crippen molar-refractivity contribution < 1.29 is 22.8 Å². The number of nitrogens with zero attached hydrogens (tertiary/aromatic N) is 3. The molecule has 4 saturated carbocycles. The number of carbonyl (C=O) groups is 2. The highest BCUT2D eigenvalue weighted by Gasteiger charge is 2.57. The molecule has 0 aromatic heterocycles. The molecular weight excluding hydrogens is 455 g/mol. The van der Waals surface area contributed by atoms with Gasteiger partial charge in [0.1, 0.15) is 6.04 Å². The lowest BCUT2D eigenvalue weighted by Crippen LogP contribution is -2.59. The van der Waals surface area contributed by atoms with Gasteiger partial charge in [0, 0.05) is 38.4 Å². The van der Waals surface area contributed by atoms with Crippen molar-refractivity contribution in [3.05, 3.63) is 29.8 Å². The van der Waals surface area contributed by atoms with Crippen LogP contribution in [0.4, 0.5) is 18.9 Å². The summed E-state index contributed by atoms with van der Waals surface area (Å²) in [6, 6.07) is 5.01. The molecule has 0 radical (unpaired) electrons. The number of amides is 2. The van der Waals surface area contributed by atoms with Gasteiger partial charge in [-0.1, -0.05) is 6.07 Å². The van der Waals surface area contributed by atoms with E-state index in [2.05, 4.69) is 0 Å². The average Bonchev–Trinajstić information content (AvgIpc) is 3.32. The second kappa shape index (κ2) is 8.41. The van der Waals surface area contributed by atoms with Crippen molar-refractivity contribution in [2.45, 2.75) is 63.6 Å². The first kappa shape index (κ1) is 23.2. The molecule has 2 amide bonds. The Morgan fingerprint density at radius 1 is 0.886 bits per heavy atom. The number of rotatable bonds is 3. The number of piperazine rings is 1. The minimum atomic E-state index is -4.37. The predicted molar refractivity (Wildman–Crippen MR) is 126 cm³/mol. The third kappa shape index (κ3) is 4.10. The van der Waals surface area contributed by atoms with Crippen LogP contribution in [0.2, 0.25) is 0 Å². The zero-order valence-electron chi connectivity index (χ0n) is 20.1. The molecule has 190 valence electrons. The second-order valence-electron chi connectivity index (χ2n) is 11.7. The smallest absolute Gasteiger partial charge is 0.368 e. The maximum Gasteiger partial charge on any atom is 0.416 e. The molecule has 8 heteroatoms. The maximum atomic E-state index is 13.9. The van der Waals surface area contributed by atoms with E-state index >= 15 is 0 Å². The van der Waals surface area contributed by atoms with Gasteiger partial charge in [0.15, 0.2) is 0 Å². The van der Waals surface area contributed by atoms with Gasteiger partial charge in [-0.15, -0.1) is 0 Å². The number of carbonyl (C=O) groups excluding carboxylic acids is 2. The molecule has 35 heavy (non-hydrogen) atoms. The topological polar surface area (TPSA) is 43.9 Å². The van der Waals surface area contributed by atoms with E-state index in [1.54, 1.807) is 6.07 Å². The Morgan fingerprint density at radius 2 is 1.51 bits per heavy atom. The van der Waals surface area contributed by atoms with Crippen LogP contribution >= 0.6 is 0 Å². The lowest BCUT2D eigenvalue weighted by molar-refractivity contribution is -0.162. The van der Waals surface area contributed by atoms with E-state index in [4.69, 9.17) is 0 Å². The van der Waals surface area contributed by atoms with Crippen molar-refractivity contribution in [3.8, 4) is 0 Å². The number of benzene rings is 1. The highest BCUT2D eigenvalue weighted by atomic mass is 19.4. The van der Waals surface area contributed by atoms with Crippen LogP contribution in [-0.2, 0) is 15.8 Å². The van der Waals surface area contributed by atoms with Gasteiger partial charge in [-0.25, -0.2) is 0 Å². The quantitative estimate of drug-likeness (QED) is 0.625. The summed E-state index contributed by atoms with van der Waals surface area (Å²) < 4.78 is 39.3. The Labute approximate surface area is 204 Å². The summed E-state index contributed by atoms with van der Waals surface area (Å²) in [4.78, 5) is 33.1. The molecule has 4 bridgehead atoms. The lowest BCUT2D eigenvalue weighted by Gasteiger charge is -2.56. The number of hydrogen-bond acceptors (Lipinski definition) is 3. The fourth-order valence-electron chi connectivity index (χ4n) is 8.22. The van der Waals surface area contributed by atoms with Crippen LogP contribution in [0, 0.1) is 23.2 Å². The normalized spacial score (nSPS) is 34.5. The first-order chi connectivity index (χ1) is 16.7. The van der Waals surface area contributed by atoms with Gasteiger partial charge in [-0.05, 0) is 87.3 Å². The van der Waals surface area contributed by atoms with Crippen LogP contribution in [0.3, 0.4) is 0 Å². The maximum absolute atomic E-state index is 13.9. The zero-order valence-corrected chi connectivity index (χ0v) is 20.1. The number of hydrogen-bond donors (Lipinski definition) is 0. The highest BCUT2D eigenvalue weighted by molar-refractivity contribution is 5.91. The minimum absolute atomic E-state index is 0.0178. The zero-order chi connectivity index (χ0) is 24.4. The average molecular weight is 490 g/mol. The first-order valence-corrected chi connectivity index (χ1v) is 13.2. The van der Waals surface area contributed by atoms with Gasteiger partial charge >= 0.3 is 6.18 Å². The predicted octanol–water partition coefficient (Wildman–Crippen LogP) is 4.56. The fraction of sp³-hybridized carbons (Fsp3) is 0.704. The Morgan fingerprint density at radius 3 is 2.11 bits per heavy atom. The van der Waals surface area contributed by atoms with Gasteiger partial charge in [0.05, 0.1) is 11.0 Å². The van der Waals surface area contributed by atoms with Crippen LogP contribution in [0.25, 0.3) is 0 Å². The molecule has 0 N–H and O–H groups in total. The van der Waals surface area contributed by atoms with Crippen LogP contribution in [0.5, 0.6) is 0 Å². The summed E-state index contributed by atoms with van der Waals surface area (Å²) >= 11 is 0. The molecule has 5 nitrogen and oxygen atoms in total. The van der Waals surface area contributed by atoms with Crippen molar-refractivity contribution in [1.29, 1.82) is 0 Å². The standard InChI is InChI=1S/C27H34F3N3O2/c28-27(29,30)21-3-1-4-22(14-21)31-7-9-32(10-8-31)24(34)23-5-2-6-33(23)25(35)26-15-18-11-19(16-26)13-20(12-18)17-26/h1,3-4,14,18-20,23H,2,5-13,15-17H2. The van der Waals surface area contributed by atoms with Crippen LogP contribution in [-0.4, -0.2) is 60.4 Å². The summed E-state index contributed by atoms with van der Waals surface area (Å²) in [6.45, 7) is 2.57. The Balaban J connectivity index is 1.11. The largest absolute Gasteiger partial charge is 0.416 e.